The number of nitriles is 1. The summed E-state index contributed by atoms with van der Waals surface area (Å²) in [6.07, 6.45) is 6.36. The van der Waals surface area contributed by atoms with Gasteiger partial charge in [0, 0.05) is 25.4 Å². The van der Waals surface area contributed by atoms with Gasteiger partial charge in [0.05, 0.1) is 6.07 Å². The van der Waals surface area contributed by atoms with E-state index in [1.54, 1.807) is 6.20 Å². The van der Waals surface area contributed by atoms with E-state index in [2.05, 4.69) is 11.2 Å². The highest BCUT2D eigenvalue weighted by Crippen LogP contribution is 1.96. The number of aromatic nitrogens is 2. The van der Waals surface area contributed by atoms with Crippen LogP contribution in [0.2, 0.25) is 0 Å². The maximum absolute atomic E-state index is 8.25. The molecule has 0 amide bonds. The van der Waals surface area contributed by atoms with Crippen LogP contribution in [-0.2, 0) is 6.54 Å². The molecule has 0 spiro atoms. The quantitative estimate of drug-likeness (QED) is 0.610. The van der Waals surface area contributed by atoms with E-state index in [4.69, 9.17) is 5.26 Å². The number of nitrogens with zero attached hydrogens (tertiary/aromatic N) is 3. The Labute approximate surface area is 66.3 Å². The predicted octanol–water partition coefficient (Wildman–Crippen LogP) is 1.58. The molecule has 0 aliphatic carbocycles. The molecule has 11 heavy (non-hydrogen) atoms. The van der Waals surface area contributed by atoms with Gasteiger partial charge in [0.2, 0.25) is 0 Å². The summed E-state index contributed by atoms with van der Waals surface area (Å²) in [6, 6.07) is 4.03. The normalized spacial score (nSPS) is 9.36. The first-order valence-electron chi connectivity index (χ1n) is 3.78. The van der Waals surface area contributed by atoms with Gasteiger partial charge in [0.1, 0.15) is 0 Å². The molecule has 3 nitrogen and oxygen atoms in total. The number of unbranched alkanes of at least 4 members (excludes halogenated alkanes) is 2. The fraction of sp³-hybridized carbons (Fsp3) is 0.500. The molecular weight excluding hydrogens is 138 g/mol. The van der Waals surface area contributed by atoms with Gasteiger partial charge in [-0.3, -0.25) is 4.68 Å². The second kappa shape index (κ2) is 4.51. The second-order valence-corrected chi connectivity index (χ2v) is 2.38. The van der Waals surface area contributed by atoms with Gasteiger partial charge in [-0.2, -0.15) is 10.4 Å². The van der Waals surface area contributed by atoms with E-state index >= 15 is 0 Å². The fourth-order valence-electron chi connectivity index (χ4n) is 0.911. The van der Waals surface area contributed by atoms with Crippen molar-refractivity contribution in [3.05, 3.63) is 18.5 Å². The van der Waals surface area contributed by atoms with E-state index in [0.29, 0.717) is 6.42 Å². The van der Waals surface area contributed by atoms with E-state index in [9.17, 15) is 0 Å². The van der Waals surface area contributed by atoms with Crippen molar-refractivity contribution in [2.45, 2.75) is 25.8 Å². The van der Waals surface area contributed by atoms with Gasteiger partial charge in [-0.15, -0.1) is 0 Å². The number of hydrogen-bond acceptors (Lipinski definition) is 2. The van der Waals surface area contributed by atoms with E-state index < -0.39 is 0 Å². The zero-order chi connectivity index (χ0) is 7.94. The molecule has 0 aromatic carbocycles. The van der Waals surface area contributed by atoms with E-state index in [0.717, 1.165) is 19.4 Å². The highest BCUT2D eigenvalue weighted by molar-refractivity contribution is 4.77. The summed E-state index contributed by atoms with van der Waals surface area (Å²) in [4.78, 5) is 0. The number of rotatable bonds is 4. The van der Waals surface area contributed by atoms with Crippen LogP contribution < -0.4 is 0 Å². The highest BCUT2D eigenvalue weighted by Gasteiger charge is 1.89. The average molecular weight is 149 g/mol. The van der Waals surface area contributed by atoms with Crippen molar-refractivity contribution in [2.24, 2.45) is 0 Å². The van der Waals surface area contributed by atoms with Crippen LogP contribution in [0.3, 0.4) is 0 Å². The minimum Gasteiger partial charge on any atom is -0.273 e. The van der Waals surface area contributed by atoms with Gasteiger partial charge in [-0.25, -0.2) is 0 Å². The first-order chi connectivity index (χ1) is 5.43. The zero-order valence-electron chi connectivity index (χ0n) is 6.40. The van der Waals surface area contributed by atoms with Crippen molar-refractivity contribution in [3.8, 4) is 6.07 Å². The Morgan fingerprint density at radius 2 is 2.36 bits per heavy atom. The Kier molecular flexibility index (Phi) is 3.20. The van der Waals surface area contributed by atoms with E-state index in [-0.39, 0.29) is 0 Å². The molecule has 0 atom stereocenters. The smallest absolute Gasteiger partial charge is 0.0621 e. The molecule has 0 aliphatic rings. The third-order valence-electron chi connectivity index (χ3n) is 1.48. The molecular formula is C8H11N3. The summed E-state index contributed by atoms with van der Waals surface area (Å²) in [6.45, 7) is 0.925. The standard InChI is InChI=1S/C8H11N3/c9-5-2-1-3-7-11-8-4-6-10-11/h4,6,8H,1-3,7H2. The molecule has 0 radical (unpaired) electrons. The minimum atomic E-state index is 0.654. The van der Waals surface area contributed by atoms with Gasteiger partial charge in [-0.05, 0) is 18.9 Å². The first-order valence-corrected chi connectivity index (χ1v) is 3.78. The van der Waals surface area contributed by atoms with Crippen molar-refractivity contribution in [1.82, 2.24) is 9.78 Å². The summed E-state index contributed by atoms with van der Waals surface area (Å²) >= 11 is 0. The Balaban J connectivity index is 2.10. The summed E-state index contributed by atoms with van der Waals surface area (Å²) in [5, 5.41) is 12.3. The largest absolute Gasteiger partial charge is 0.273 e. The maximum atomic E-state index is 8.25. The molecule has 0 bridgehead atoms. The van der Waals surface area contributed by atoms with Gasteiger partial charge in [0.15, 0.2) is 0 Å². The topological polar surface area (TPSA) is 41.6 Å². The molecule has 1 aromatic heterocycles. The molecule has 3 heteroatoms. The van der Waals surface area contributed by atoms with Gasteiger partial charge < -0.3 is 0 Å². The highest BCUT2D eigenvalue weighted by atomic mass is 15.3. The zero-order valence-corrected chi connectivity index (χ0v) is 6.40. The third-order valence-corrected chi connectivity index (χ3v) is 1.48. The minimum absolute atomic E-state index is 0.654. The van der Waals surface area contributed by atoms with Crippen molar-refractivity contribution in [3.63, 3.8) is 0 Å². The molecule has 1 aromatic rings. The van der Waals surface area contributed by atoms with Crippen LogP contribution in [0.15, 0.2) is 18.5 Å². The third kappa shape index (κ3) is 2.85. The Bertz CT molecular complexity index is 220. The first kappa shape index (κ1) is 7.80. The Morgan fingerprint density at radius 1 is 1.45 bits per heavy atom. The van der Waals surface area contributed by atoms with Crippen LogP contribution in [0.5, 0.6) is 0 Å². The van der Waals surface area contributed by atoms with Gasteiger partial charge in [0.25, 0.3) is 0 Å². The van der Waals surface area contributed by atoms with Crippen LogP contribution >= 0.6 is 0 Å². The lowest BCUT2D eigenvalue weighted by molar-refractivity contribution is 0.562. The van der Waals surface area contributed by atoms with Crippen molar-refractivity contribution >= 4 is 0 Å². The lowest BCUT2D eigenvalue weighted by Crippen LogP contribution is -1.97. The molecule has 1 rings (SSSR count). The van der Waals surface area contributed by atoms with Crippen molar-refractivity contribution in [2.75, 3.05) is 0 Å². The molecule has 0 unspecified atom stereocenters. The van der Waals surface area contributed by atoms with Crippen LogP contribution in [0.25, 0.3) is 0 Å². The van der Waals surface area contributed by atoms with Gasteiger partial charge >= 0.3 is 0 Å². The molecule has 58 valence electrons. The number of aryl methyl sites for hydroxylation is 1. The molecule has 0 N–H and O–H groups in total. The predicted molar refractivity (Wildman–Crippen MR) is 41.7 cm³/mol. The molecule has 1 heterocycles. The molecule has 0 saturated carbocycles. The summed E-state index contributed by atoms with van der Waals surface area (Å²) in [5.41, 5.74) is 0. The lowest BCUT2D eigenvalue weighted by atomic mass is 10.2. The lowest BCUT2D eigenvalue weighted by Gasteiger charge is -1.97. The Hall–Kier alpha value is -1.30. The number of hydrogen-bond donors (Lipinski definition) is 0. The van der Waals surface area contributed by atoms with Crippen LogP contribution in [0, 0.1) is 11.3 Å². The average Bonchev–Trinajstić information content (AvgIpc) is 2.50. The summed E-state index contributed by atoms with van der Waals surface area (Å²) < 4.78 is 1.89. The summed E-state index contributed by atoms with van der Waals surface area (Å²) in [5.74, 6) is 0. The molecule has 0 fully saturated rings. The Morgan fingerprint density at radius 3 is 3.00 bits per heavy atom. The summed E-state index contributed by atoms with van der Waals surface area (Å²) in [7, 11) is 0. The van der Waals surface area contributed by atoms with E-state index in [1.165, 1.54) is 0 Å². The van der Waals surface area contributed by atoms with Gasteiger partial charge in [-0.1, -0.05) is 0 Å². The monoisotopic (exact) mass is 149 g/mol. The SMILES string of the molecule is N#CCCCCn1cccn1. The van der Waals surface area contributed by atoms with Crippen molar-refractivity contribution in [1.29, 1.82) is 5.26 Å². The maximum Gasteiger partial charge on any atom is 0.0621 e. The van der Waals surface area contributed by atoms with Crippen molar-refractivity contribution < 1.29 is 0 Å². The van der Waals surface area contributed by atoms with Crippen LogP contribution in [0.4, 0.5) is 0 Å². The van der Waals surface area contributed by atoms with E-state index in [1.807, 2.05) is 16.9 Å². The fourth-order valence-corrected chi connectivity index (χ4v) is 0.911. The van der Waals surface area contributed by atoms with Crippen LogP contribution in [-0.4, -0.2) is 9.78 Å². The van der Waals surface area contributed by atoms with Crippen LogP contribution in [0.1, 0.15) is 19.3 Å². The molecule has 0 saturated heterocycles. The molecule has 0 aliphatic heterocycles. The second-order valence-electron chi connectivity index (χ2n) is 2.38.